The molecule has 0 spiro atoms. The lowest BCUT2D eigenvalue weighted by molar-refractivity contribution is -0.138. The van der Waals surface area contributed by atoms with E-state index < -0.39 is 86.7 Å². The van der Waals surface area contributed by atoms with Crippen LogP contribution in [0, 0.1) is 11.6 Å². The number of carboxylic acid groups (broad SMARTS) is 1. The minimum Gasteiger partial charge on any atom is -0.478 e. The van der Waals surface area contributed by atoms with Gasteiger partial charge in [0.15, 0.2) is 0 Å². The van der Waals surface area contributed by atoms with Gasteiger partial charge in [-0.15, -0.1) is 0 Å². The summed E-state index contributed by atoms with van der Waals surface area (Å²) in [6, 6.07) is 17.6. The highest BCUT2D eigenvalue weighted by atomic mass is 19.4. The van der Waals surface area contributed by atoms with E-state index in [-0.39, 0.29) is 69.5 Å². The molecule has 29 heteroatoms. The molecular weight excluding hydrogens is 1270 g/mol. The summed E-state index contributed by atoms with van der Waals surface area (Å²) in [6.45, 7) is 18.0. The van der Waals surface area contributed by atoms with Crippen molar-refractivity contribution in [3.8, 4) is 22.3 Å². The van der Waals surface area contributed by atoms with Crippen molar-refractivity contribution in [3.05, 3.63) is 163 Å². The maximum atomic E-state index is 15.1. The van der Waals surface area contributed by atoms with Gasteiger partial charge in [-0.05, 0) is 173 Å². The summed E-state index contributed by atoms with van der Waals surface area (Å²) in [6.07, 6.45) is -5.61. The van der Waals surface area contributed by atoms with Gasteiger partial charge in [0.25, 0.3) is 17.7 Å². The Balaban J connectivity index is 0.000000258. The van der Waals surface area contributed by atoms with Crippen molar-refractivity contribution < 1.29 is 68.9 Å². The number of nitrogens with one attached hydrogen (secondary N) is 6. The van der Waals surface area contributed by atoms with Crippen LogP contribution in [0.5, 0.6) is 0 Å². The number of rotatable bonds is 18. The molecule has 4 atom stereocenters. The van der Waals surface area contributed by atoms with Crippen LogP contribution >= 0.6 is 0 Å². The molecule has 8 rings (SSSR count). The van der Waals surface area contributed by atoms with E-state index in [0.29, 0.717) is 94.0 Å². The molecule has 2 fully saturated rings. The summed E-state index contributed by atoms with van der Waals surface area (Å²) in [5, 5.41) is 19.8. The molecule has 0 unspecified atom stereocenters. The lowest BCUT2D eigenvalue weighted by atomic mass is 9.99. The van der Waals surface area contributed by atoms with Crippen molar-refractivity contribution in [2.75, 3.05) is 86.9 Å². The van der Waals surface area contributed by atoms with Gasteiger partial charge in [0.2, 0.25) is 11.1 Å². The molecular formula is C67H82F8N12O9. The Morgan fingerprint density at radius 2 is 0.938 bits per heavy atom. The number of benzene rings is 4. The van der Waals surface area contributed by atoms with Crippen LogP contribution in [0.1, 0.15) is 127 Å². The van der Waals surface area contributed by atoms with Crippen LogP contribution in [0.25, 0.3) is 22.3 Å². The number of aromatic amines is 2. The van der Waals surface area contributed by atoms with Crippen LogP contribution in [0.2, 0.25) is 0 Å². The predicted molar refractivity (Wildman–Crippen MR) is 352 cm³/mol. The van der Waals surface area contributed by atoms with E-state index in [0.717, 1.165) is 49.7 Å². The number of pyridine rings is 2. The summed E-state index contributed by atoms with van der Waals surface area (Å²) in [5.74, 6) is -5.24. The zero-order chi connectivity index (χ0) is 71.1. The number of carboxylic acids is 1. The molecule has 2 saturated heterocycles. The molecule has 6 aromatic rings. The monoisotopic (exact) mass is 1350 g/mol. The Bertz CT molecular complexity index is 3830. The molecule has 21 nitrogen and oxygen atoms in total. The standard InChI is InChI=1S/C31H36F4N6O3.C27H26F4N4O4.C9H20N2O2/c1-18-16-41(17-19(2)40(18)3)27-9-7-20(22-12-21(6-8-25(22)32)29(43)37-11-5-4-10-36)13-26(27)39-30(44)23-15-38-28(42)14-24(23)31(33,34)35;1-14-12-35(13-15(2)34(14)3)23-7-5-16(18-8-17(26(38)39)4-6-21(18)28)9-22(23)33-25(37)19-11-32-24(36)10-20(19)27(29,30)31;1-9(2,3)13-8(12)11-7-5-4-6-10/h6-9,12-15,18-19H,4-5,10-11,16-17,36H2,1-3H3,(H,37,43)(H,38,42)(H,39,44);4-11,14-15H,12-13H2,1-3H3,(H,32,36)(H,33,37)(H,38,39);4-7,10H2,1-3H3,(H,11,12)/t18-,19+;14-,15+;. The van der Waals surface area contributed by atoms with E-state index in [2.05, 4.69) is 41.0 Å². The van der Waals surface area contributed by atoms with Gasteiger partial charge in [-0.25, -0.2) is 18.4 Å². The molecule has 0 bridgehead atoms. The fraction of sp³-hybridized carbons (Fsp3) is 0.418. The summed E-state index contributed by atoms with van der Waals surface area (Å²) < 4.78 is 117. The van der Waals surface area contributed by atoms with E-state index in [1.165, 1.54) is 24.3 Å². The van der Waals surface area contributed by atoms with Gasteiger partial charge in [-0.1, -0.05) is 12.1 Å². The maximum Gasteiger partial charge on any atom is 0.417 e. The first-order valence-electron chi connectivity index (χ1n) is 30.9. The number of aromatic carboxylic acids is 1. The summed E-state index contributed by atoms with van der Waals surface area (Å²) in [4.78, 5) is 97.5. The summed E-state index contributed by atoms with van der Waals surface area (Å²) >= 11 is 0. The number of halogens is 8. The fourth-order valence-corrected chi connectivity index (χ4v) is 10.6. The number of ether oxygens (including phenoxy) is 1. The molecule has 4 heterocycles. The van der Waals surface area contributed by atoms with Crippen molar-refractivity contribution in [1.29, 1.82) is 0 Å². The third kappa shape index (κ3) is 20.7. The number of hydrogen-bond donors (Lipinski definition) is 9. The maximum absolute atomic E-state index is 15.1. The third-order valence-electron chi connectivity index (χ3n) is 16.1. The van der Waals surface area contributed by atoms with E-state index in [4.69, 9.17) is 16.2 Å². The van der Waals surface area contributed by atoms with E-state index in [1.807, 2.05) is 72.4 Å². The van der Waals surface area contributed by atoms with Crippen LogP contribution in [-0.2, 0) is 17.1 Å². The van der Waals surface area contributed by atoms with Gasteiger partial charge in [0.1, 0.15) is 17.2 Å². The Morgan fingerprint density at radius 3 is 1.31 bits per heavy atom. The fourth-order valence-electron chi connectivity index (χ4n) is 10.6. The van der Waals surface area contributed by atoms with E-state index >= 15 is 4.39 Å². The Morgan fingerprint density at radius 1 is 0.552 bits per heavy atom. The van der Waals surface area contributed by atoms with Gasteiger partial charge in [0, 0.05) is 105 Å². The van der Waals surface area contributed by atoms with Crippen molar-refractivity contribution in [2.24, 2.45) is 11.5 Å². The second-order valence-electron chi connectivity index (χ2n) is 24.5. The number of aromatic nitrogens is 2. The van der Waals surface area contributed by atoms with Gasteiger partial charge < -0.3 is 62.3 Å². The molecule has 0 saturated carbocycles. The van der Waals surface area contributed by atoms with Gasteiger partial charge in [-0.3, -0.25) is 33.8 Å². The molecule has 2 aliphatic rings. The zero-order valence-corrected chi connectivity index (χ0v) is 54.7. The summed E-state index contributed by atoms with van der Waals surface area (Å²) in [5.41, 5.74) is 5.85. The second kappa shape index (κ2) is 33.0. The van der Waals surface area contributed by atoms with Gasteiger partial charge >= 0.3 is 24.4 Å². The number of alkyl halides is 6. The van der Waals surface area contributed by atoms with Crippen LogP contribution < -0.4 is 53.7 Å². The molecule has 2 aromatic heterocycles. The average Bonchev–Trinajstić information content (AvgIpc) is 0.791. The molecule has 520 valence electrons. The molecule has 0 radical (unpaired) electrons. The Hall–Kier alpha value is -9.19. The van der Waals surface area contributed by atoms with Crippen molar-refractivity contribution >= 4 is 52.5 Å². The average molecular weight is 1350 g/mol. The number of hydrogen-bond acceptors (Lipinski definition) is 14. The molecule has 11 N–H and O–H groups in total. The smallest absolute Gasteiger partial charge is 0.417 e. The van der Waals surface area contributed by atoms with Crippen molar-refractivity contribution in [1.82, 2.24) is 30.4 Å². The Kier molecular flexibility index (Phi) is 26.0. The zero-order valence-electron chi connectivity index (χ0n) is 54.7. The highest BCUT2D eigenvalue weighted by molar-refractivity contribution is 6.08. The Labute approximate surface area is 549 Å². The SMILES string of the molecule is CC(C)(C)OC(=O)NCCCCN.C[C@@H]1CN(c2ccc(-c3cc(C(=O)NCCCCN)ccc3F)cc2NC(=O)c2c[nH]c(=O)cc2C(F)(F)F)C[C@H](C)N1C.C[C@@H]1CN(c2ccc(-c3cc(C(=O)O)ccc3F)cc2NC(=O)c2c[nH]c(=O)cc2C(F)(F)F)C[C@H](C)N1C. The van der Waals surface area contributed by atoms with E-state index in [9.17, 15) is 69.4 Å². The quantitative estimate of drug-likeness (QED) is 0.0286. The number of alkyl carbamates (subject to hydrolysis) is 1. The van der Waals surface area contributed by atoms with Gasteiger partial charge in [0.05, 0.1) is 50.6 Å². The molecule has 2 aliphatic heterocycles. The summed E-state index contributed by atoms with van der Waals surface area (Å²) in [7, 11) is 3.98. The van der Waals surface area contributed by atoms with Gasteiger partial charge in [-0.2, -0.15) is 26.3 Å². The number of nitrogens with zero attached hydrogens (tertiary/aromatic N) is 4. The van der Waals surface area contributed by atoms with E-state index in [1.54, 1.807) is 24.3 Å². The first kappa shape index (κ1) is 75.8. The number of amides is 4. The van der Waals surface area contributed by atoms with Crippen LogP contribution in [0.4, 0.5) is 62.7 Å². The molecule has 4 amide bonds. The second-order valence-corrected chi connectivity index (χ2v) is 24.5. The minimum absolute atomic E-state index is 0.0583. The number of likely N-dealkylation sites (N-methyl/N-ethyl adjacent to an activating group) is 2. The van der Waals surface area contributed by atoms with Crippen LogP contribution in [-0.4, -0.2) is 151 Å². The highest BCUT2D eigenvalue weighted by Crippen LogP contribution is 2.39. The first-order chi connectivity index (χ1) is 45.0. The number of H-pyrrole nitrogens is 2. The third-order valence-corrected chi connectivity index (χ3v) is 16.1. The first-order valence-corrected chi connectivity index (χ1v) is 30.9. The number of carbonyl (C=O) groups excluding carboxylic acids is 4. The lowest BCUT2D eigenvalue weighted by Crippen LogP contribution is -2.55. The molecule has 96 heavy (non-hydrogen) atoms. The van der Waals surface area contributed by atoms with Crippen molar-refractivity contribution in [3.63, 3.8) is 0 Å². The number of carbonyl (C=O) groups is 5. The predicted octanol–water partition coefficient (Wildman–Crippen LogP) is 10.4. The molecule has 0 aliphatic carbocycles. The normalized spacial score (nSPS) is 16.9. The van der Waals surface area contributed by atoms with Crippen LogP contribution in [0.15, 0.2) is 107 Å². The largest absolute Gasteiger partial charge is 0.478 e. The van der Waals surface area contributed by atoms with Crippen LogP contribution in [0.3, 0.4) is 0 Å². The number of unbranched alkanes of at least 4 members (excludes halogenated alkanes) is 2. The number of anilines is 4. The topological polar surface area (TPSA) is 294 Å². The minimum atomic E-state index is -4.96. The number of piperazine rings is 2. The highest BCUT2D eigenvalue weighted by Gasteiger charge is 2.38. The lowest BCUT2D eigenvalue weighted by Gasteiger charge is -2.44. The molecule has 4 aromatic carbocycles. The number of nitrogens with two attached hydrogens (primary N) is 2. The van der Waals surface area contributed by atoms with Crippen molar-refractivity contribution in [2.45, 2.75) is 116 Å².